The van der Waals surface area contributed by atoms with Crippen molar-refractivity contribution in [2.75, 3.05) is 13.7 Å². The van der Waals surface area contributed by atoms with Crippen molar-refractivity contribution in [3.63, 3.8) is 0 Å². The van der Waals surface area contributed by atoms with Gasteiger partial charge in [-0.15, -0.1) is 0 Å². The summed E-state index contributed by atoms with van der Waals surface area (Å²) in [5.41, 5.74) is -0.0000244. The Balaban J connectivity index is 1.67. The number of hydrogen-bond donors (Lipinski definition) is 0. The maximum Gasteiger partial charge on any atom is 0.344 e. The van der Waals surface area contributed by atoms with E-state index in [1.54, 1.807) is 0 Å². The van der Waals surface area contributed by atoms with Crippen LogP contribution in [0.5, 0.6) is 5.75 Å². The largest absolute Gasteiger partial charge is 0.482 e. The van der Waals surface area contributed by atoms with Gasteiger partial charge in [0.2, 0.25) is 0 Å². The summed E-state index contributed by atoms with van der Waals surface area (Å²) in [6, 6.07) is 21.8. The van der Waals surface area contributed by atoms with Crippen molar-refractivity contribution in [1.29, 1.82) is 0 Å². The number of rotatable bonds is 5. The number of thiophene rings is 1. The summed E-state index contributed by atoms with van der Waals surface area (Å²) in [6.45, 7) is 5.34. The SMILES string of the molecule is COC(=O)c1ccc2c(c1)c1ccccc1[s+]2-c1ccc(OCC(=O)OC(C)(C)C)cc1. The van der Waals surface area contributed by atoms with E-state index in [1.807, 2.05) is 75.4 Å². The molecule has 0 fully saturated rings. The van der Waals surface area contributed by atoms with E-state index in [1.165, 1.54) is 16.5 Å². The molecule has 0 saturated heterocycles. The first-order chi connectivity index (χ1) is 15.3. The van der Waals surface area contributed by atoms with E-state index in [0.717, 1.165) is 15.7 Å². The average molecular weight is 450 g/mol. The highest BCUT2D eigenvalue weighted by molar-refractivity contribution is 7.50. The van der Waals surface area contributed by atoms with E-state index in [0.29, 0.717) is 11.3 Å². The number of ether oxygens (including phenoxy) is 3. The molecule has 0 saturated carbocycles. The fourth-order valence-electron chi connectivity index (χ4n) is 3.59. The molecule has 1 aromatic heterocycles. The molecular weight excluding hydrogens is 424 g/mol. The van der Waals surface area contributed by atoms with E-state index in [2.05, 4.69) is 12.1 Å². The lowest BCUT2D eigenvalue weighted by Gasteiger charge is -2.19. The molecule has 0 N–H and O–H groups in total. The molecule has 1 unspecified atom stereocenters. The van der Waals surface area contributed by atoms with Crippen molar-refractivity contribution in [3.05, 3.63) is 72.3 Å². The van der Waals surface area contributed by atoms with Crippen molar-refractivity contribution >= 4 is 42.6 Å². The van der Waals surface area contributed by atoms with Crippen molar-refractivity contribution in [2.45, 2.75) is 26.4 Å². The molecule has 1 atom stereocenters. The topological polar surface area (TPSA) is 61.8 Å². The molecule has 6 heteroatoms. The highest BCUT2D eigenvalue weighted by Gasteiger charge is 2.25. The first-order valence-corrected chi connectivity index (χ1v) is 11.5. The Hall–Kier alpha value is -3.38. The highest BCUT2D eigenvalue weighted by Crippen LogP contribution is 2.48. The molecule has 164 valence electrons. The molecule has 0 aliphatic rings. The van der Waals surface area contributed by atoms with Gasteiger partial charge < -0.3 is 14.2 Å². The summed E-state index contributed by atoms with van der Waals surface area (Å²) < 4.78 is 18.2. The molecule has 4 aromatic rings. The Morgan fingerprint density at radius 3 is 2.25 bits per heavy atom. The van der Waals surface area contributed by atoms with Gasteiger partial charge in [0.25, 0.3) is 0 Å². The average Bonchev–Trinajstić information content (AvgIpc) is 3.10. The Kier molecular flexibility index (Phi) is 5.89. The zero-order valence-electron chi connectivity index (χ0n) is 18.5. The summed E-state index contributed by atoms with van der Waals surface area (Å²) in [5, 5.41) is 2.18. The lowest BCUT2D eigenvalue weighted by atomic mass is 10.1. The fourth-order valence-corrected chi connectivity index (χ4v) is 5.95. The van der Waals surface area contributed by atoms with Crippen LogP contribution in [0.25, 0.3) is 25.1 Å². The van der Waals surface area contributed by atoms with Gasteiger partial charge in [-0.1, -0.05) is 12.1 Å². The molecule has 5 nitrogen and oxygen atoms in total. The van der Waals surface area contributed by atoms with E-state index in [9.17, 15) is 9.59 Å². The minimum absolute atomic E-state index is 0.135. The van der Waals surface area contributed by atoms with Crippen LogP contribution in [-0.4, -0.2) is 31.3 Å². The molecular formula is C26H25O5S+. The Morgan fingerprint density at radius 1 is 0.875 bits per heavy atom. The molecule has 0 bridgehead atoms. The van der Waals surface area contributed by atoms with E-state index in [-0.39, 0.29) is 23.0 Å². The van der Waals surface area contributed by atoms with Crippen LogP contribution in [0.3, 0.4) is 0 Å². The summed E-state index contributed by atoms with van der Waals surface area (Å²) in [7, 11) is 1.09. The monoisotopic (exact) mass is 449 g/mol. The maximum absolute atomic E-state index is 12.0. The van der Waals surface area contributed by atoms with Crippen LogP contribution in [0.2, 0.25) is 0 Å². The summed E-state index contributed by atoms with van der Waals surface area (Å²) in [6.07, 6.45) is 0. The van der Waals surface area contributed by atoms with Gasteiger partial charge in [-0.2, -0.15) is 0 Å². The number of carbonyl (C=O) groups is 2. The van der Waals surface area contributed by atoms with Crippen LogP contribution in [0.15, 0.2) is 66.7 Å². The Morgan fingerprint density at radius 2 is 1.56 bits per heavy atom. The third-order valence-corrected chi connectivity index (χ3v) is 7.19. The molecule has 4 rings (SSSR count). The fraction of sp³-hybridized carbons (Fsp3) is 0.231. The second kappa shape index (κ2) is 8.63. The van der Waals surface area contributed by atoms with Crippen LogP contribution in [0.4, 0.5) is 0 Å². The first kappa shape index (κ1) is 21.8. The van der Waals surface area contributed by atoms with Crippen LogP contribution in [0, 0.1) is 0 Å². The van der Waals surface area contributed by atoms with Gasteiger partial charge >= 0.3 is 11.9 Å². The Labute approximate surface area is 189 Å². The van der Waals surface area contributed by atoms with Gasteiger partial charge in [0.15, 0.2) is 20.9 Å². The molecule has 0 spiro atoms. The van der Waals surface area contributed by atoms with Gasteiger partial charge in [0.05, 0.1) is 12.7 Å². The zero-order chi connectivity index (χ0) is 22.9. The van der Waals surface area contributed by atoms with Gasteiger partial charge in [-0.3, -0.25) is 0 Å². The minimum Gasteiger partial charge on any atom is -0.482 e. The molecule has 3 aromatic carbocycles. The maximum atomic E-state index is 12.0. The molecule has 0 radical (unpaired) electrons. The second-order valence-corrected chi connectivity index (χ2v) is 10.3. The summed E-state index contributed by atoms with van der Waals surface area (Å²) in [4.78, 5) is 25.1. The quantitative estimate of drug-likeness (QED) is 0.267. The zero-order valence-corrected chi connectivity index (χ0v) is 19.3. The van der Waals surface area contributed by atoms with Crippen LogP contribution < -0.4 is 4.74 Å². The van der Waals surface area contributed by atoms with E-state index in [4.69, 9.17) is 14.2 Å². The first-order valence-electron chi connectivity index (χ1n) is 10.3. The van der Waals surface area contributed by atoms with Gasteiger partial charge in [-0.25, -0.2) is 9.59 Å². The second-order valence-electron chi connectivity index (χ2n) is 8.35. The van der Waals surface area contributed by atoms with Gasteiger partial charge in [-0.05, 0) is 63.2 Å². The number of carbonyl (C=O) groups excluding carboxylic acids is 2. The Bertz CT molecular complexity index is 1300. The number of methoxy groups -OCH3 is 1. The van der Waals surface area contributed by atoms with Crippen LogP contribution in [-0.2, 0) is 14.3 Å². The molecule has 32 heavy (non-hydrogen) atoms. The number of hydrogen-bond acceptors (Lipinski definition) is 5. The van der Waals surface area contributed by atoms with Crippen LogP contribution in [0.1, 0.15) is 31.1 Å². The van der Waals surface area contributed by atoms with Gasteiger partial charge in [0.1, 0.15) is 11.4 Å². The third-order valence-electron chi connectivity index (χ3n) is 4.85. The van der Waals surface area contributed by atoms with E-state index < -0.39 is 11.6 Å². The molecule has 0 aliphatic carbocycles. The third kappa shape index (κ3) is 4.46. The predicted molar refractivity (Wildman–Crippen MR) is 128 cm³/mol. The molecule has 0 aliphatic heterocycles. The number of esters is 2. The summed E-state index contributed by atoms with van der Waals surface area (Å²) in [5.74, 6) is -0.135. The number of fused-ring (bicyclic) bond motifs is 3. The normalized spacial score (nSPS) is 12.1. The number of benzene rings is 3. The van der Waals surface area contributed by atoms with Crippen molar-refractivity contribution in [1.82, 2.24) is 0 Å². The van der Waals surface area contributed by atoms with Crippen molar-refractivity contribution in [3.8, 4) is 10.6 Å². The minimum atomic E-state index is -0.539. The summed E-state index contributed by atoms with van der Waals surface area (Å²) >= 11 is 0. The van der Waals surface area contributed by atoms with Crippen molar-refractivity contribution < 1.29 is 23.8 Å². The van der Waals surface area contributed by atoms with E-state index >= 15 is 0 Å². The smallest absolute Gasteiger partial charge is 0.344 e. The van der Waals surface area contributed by atoms with Crippen LogP contribution >= 0.6 is 10.5 Å². The van der Waals surface area contributed by atoms with Crippen molar-refractivity contribution in [2.24, 2.45) is 0 Å². The van der Waals surface area contributed by atoms with Gasteiger partial charge in [0, 0.05) is 33.4 Å². The predicted octanol–water partition coefficient (Wildman–Crippen LogP) is 6.24. The highest BCUT2D eigenvalue weighted by atomic mass is 32.2. The standard InChI is InChI=1S/C26H25O5S/c1-26(2,3)31-24(27)16-30-18-10-12-19(13-11-18)32-22-8-6-5-7-20(22)21-15-17(25(28)29-4)9-14-23(21)32/h5-15H,16H2,1-4H3/q+1. The lowest BCUT2D eigenvalue weighted by molar-refractivity contribution is -0.157. The molecule has 0 amide bonds. The lowest BCUT2D eigenvalue weighted by Crippen LogP contribution is -2.27. The molecule has 1 heterocycles.